The predicted octanol–water partition coefficient (Wildman–Crippen LogP) is 5.02. The van der Waals surface area contributed by atoms with Crippen molar-refractivity contribution in [1.82, 2.24) is 20.0 Å². The Morgan fingerprint density at radius 3 is 2.59 bits per heavy atom. The van der Waals surface area contributed by atoms with Crippen LogP contribution in [0.25, 0.3) is 5.57 Å². The van der Waals surface area contributed by atoms with Crippen molar-refractivity contribution in [3.8, 4) is 0 Å². The normalized spacial score (nSPS) is 15.7. The molecule has 1 saturated heterocycles. The minimum absolute atomic E-state index is 0.240. The number of amides is 2. The van der Waals surface area contributed by atoms with E-state index in [0.29, 0.717) is 36.2 Å². The molecule has 1 aromatic heterocycles. The van der Waals surface area contributed by atoms with E-state index in [4.69, 9.17) is 0 Å². The molecule has 0 saturated carbocycles. The number of nitrogens with one attached hydrogen (secondary N) is 3. The van der Waals surface area contributed by atoms with Gasteiger partial charge in [0, 0.05) is 54.4 Å². The summed E-state index contributed by atoms with van der Waals surface area (Å²) in [6.45, 7) is 9.36. The van der Waals surface area contributed by atoms with Gasteiger partial charge in [-0.05, 0) is 63.8 Å². The smallest absolute Gasteiger partial charge is 0.356 e. The van der Waals surface area contributed by atoms with Crippen molar-refractivity contribution < 1.29 is 27.5 Å². The van der Waals surface area contributed by atoms with E-state index in [1.807, 2.05) is 24.7 Å². The minimum atomic E-state index is -4.76. The van der Waals surface area contributed by atoms with Gasteiger partial charge < -0.3 is 20.9 Å². The van der Waals surface area contributed by atoms with Gasteiger partial charge in [0.05, 0.1) is 24.5 Å². The van der Waals surface area contributed by atoms with Crippen LogP contribution in [0.1, 0.15) is 68.9 Å². The number of anilines is 2. The molecule has 9 nitrogen and oxygen atoms in total. The third-order valence-corrected chi connectivity index (χ3v) is 6.86. The second kappa shape index (κ2) is 13.6. The second-order valence-corrected chi connectivity index (χ2v) is 9.72. The summed E-state index contributed by atoms with van der Waals surface area (Å²) < 4.78 is 42.2. The molecule has 0 aliphatic carbocycles. The number of ether oxygens (including phenoxy) is 1. The van der Waals surface area contributed by atoms with Crippen molar-refractivity contribution >= 4 is 29.3 Å². The van der Waals surface area contributed by atoms with Gasteiger partial charge in [0.25, 0.3) is 5.91 Å². The van der Waals surface area contributed by atoms with Crippen LogP contribution in [0.5, 0.6) is 0 Å². The first-order valence-corrected chi connectivity index (χ1v) is 13.1. The van der Waals surface area contributed by atoms with Crippen molar-refractivity contribution in [3.05, 3.63) is 47.4 Å². The number of piperidine rings is 1. The number of carbonyl (C=O) groups excluding carboxylic acids is 2. The highest BCUT2D eigenvalue weighted by molar-refractivity contribution is 5.97. The lowest BCUT2D eigenvalue weighted by Gasteiger charge is -2.34. The fourth-order valence-electron chi connectivity index (χ4n) is 4.67. The molecular formula is C27H37F3N6O3. The Balaban J connectivity index is 1.76. The molecule has 2 aromatic rings. The summed E-state index contributed by atoms with van der Waals surface area (Å²) in [7, 11) is 0. The molecule has 3 rings (SSSR count). The van der Waals surface area contributed by atoms with Crippen LogP contribution in [0.3, 0.4) is 0 Å². The topological polar surface area (TPSA) is 101 Å². The van der Waals surface area contributed by atoms with Gasteiger partial charge in [-0.3, -0.25) is 19.0 Å². The van der Waals surface area contributed by atoms with E-state index in [9.17, 15) is 22.8 Å². The lowest BCUT2D eigenvalue weighted by molar-refractivity contribution is -0.323. The van der Waals surface area contributed by atoms with E-state index < -0.39 is 18.9 Å². The number of rotatable bonds is 12. The summed E-state index contributed by atoms with van der Waals surface area (Å²) in [5.41, 5.74) is 3.85. The Morgan fingerprint density at radius 1 is 1.26 bits per heavy atom. The van der Waals surface area contributed by atoms with Crippen LogP contribution in [0.4, 0.5) is 24.5 Å². The molecule has 1 fully saturated rings. The molecule has 1 aliphatic rings. The Labute approximate surface area is 226 Å². The molecule has 1 aromatic carbocycles. The number of nitrogens with zero attached hydrogens (tertiary/aromatic N) is 3. The molecule has 0 radical (unpaired) electrons. The quantitative estimate of drug-likeness (QED) is 0.254. The summed E-state index contributed by atoms with van der Waals surface area (Å²) >= 11 is 0. The summed E-state index contributed by atoms with van der Waals surface area (Å²) in [5.74, 6) is -0.553. The number of hydrogen-bond donors (Lipinski definition) is 3. The molecule has 39 heavy (non-hydrogen) atoms. The van der Waals surface area contributed by atoms with Gasteiger partial charge in [-0.1, -0.05) is 6.92 Å². The maximum atomic E-state index is 12.6. The van der Waals surface area contributed by atoms with Crippen LogP contribution in [0.2, 0.25) is 0 Å². The number of aromatic nitrogens is 2. The molecule has 12 heteroatoms. The van der Waals surface area contributed by atoms with Crippen molar-refractivity contribution in [2.75, 3.05) is 36.9 Å². The maximum absolute atomic E-state index is 12.6. The first-order chi connectivity index (χ1) is 18.5. The SMILES string of the molecule is CC/C(Nc1cnn(C2CCN(C(C)C)CC2)c1)=C(/C)c1cc(C(=O)NCCOC(F)(F)F)ccc1NC=O. The van der Waals surface area contributed by atoms with Crippen LogP contribution in [0, 0.1) is 0 Å². The third kappa shape index (κ3) is 8.56. The van der Waals surface area contributed by atoms with Crippen molar-refractivity contribution in [2.45, 2.75) is 65.4 Å². The van der Waals surface area contributed by atoms with E-state index in [1.54, 1.807) is 18.3 Å². The number of carbonyl (C=O) groups is 2. The van der Waals surface area contributed by atoms with E-state index in [-0.39, 0.29) is 12.1 Å². The molecule has 3 N–H and O–H groups in total. The number of allylic oxidation sites excluding steroid dienone is 2. The fourth-order valence-corrected chi connectivity index (χ4v) is 4.67. The lowest BCUT2D eigenvalue weighted by atomic mass is 9.99. The van der Waals surface area contributed by atoms with Crippen LogP contribution in [-0.4, -0.2) is 65.6 Å². The maximum Gasteiger partial charge on any atom is 0.522 e. The first-order valence-electron chi connectivity index (χ1n) is 13.1. The van der Waals surface area contributed by atoms with Crippen LogP contribution in [-0.2, 0) is 9.53 Å². The molecule has 0 spiro atoms. The highest BCUT2D eigenvalue weighted by Crippen LogP contribution is 2.30. The van der Waals surface area contributed by atoms with Crippen molar-refractivity contribution in [1.29, 1.82) is 0 Å². The highest BCUT2D eigenvalue weighted by Gasteiger charge is 2.28. The number of likely N-dealkylation sites (tertiary alicyclic amines) is 1. The van der Waals surface area contributed by atoms with E-state index in [0.717, 1.165) is 42.9 Å². The molecule has 1 aliphatic heterocycles. The Morgan fingerprint density at radius 2 is 1.97 bits per heavy atom. The standard InChI is InChI=1S/C27H37F3N6O3/c1-5-24(34-21-15-33-36(16-21)22-8-11-35(12-9-22)18(2)3)19(4)23-14-20(6-7-25(23)32-17-37)26(38)31-10-13-39-27(28,29)30/h6-7,14-18,22,34H,5,8-13H2,1-4H3,(H,31,38)(H,32,37)/b24-19+. The first kappa shape index (κ1) is 30.2. The molecule has 0 bridgehead atoms. The average molecular weight is 551 g/mol. The molecule has 0 unspecified atom stereocenters. The van der Waals surface area contributed by atoms with E-state index >= 15 is 0 Å². The Hall–Kier alpha value is -3.38. The molecule has 2 heterocycles. The highest BCUT2D eigenvalue weighted by atomic mass is 19.4. The summed E-state index contributed by atoms with van der Waals surface area (Å²) in [4.78, 5) is 26.3. The van der Waals surface area contributed by atoms with Gasteiger partial charge in [-0.15, -0.1) is 13.2 Å². The molecular weight excluding hydrogens is 513 g/mol. The van der Waals surface area contributed by atoms with E-state index in [1.165, 1.54) is 6.07 Å². The molecule has 214 valence electrons. The van der Waals surface area contributed by atoms with E-state index in [2.05, 4.69) is 44.5 Å². The predicted molar refractivity (Wildman–Crippen MR) is 144 cm³/mol. The number of benzene rings is 1. The lowest BCUT2D eigenvalue weighted by Crippen LogP contribution is -2.39. The van der Waals surface area contributed by atoms with Crippen LogP contribution >= 0.6 is 0 Å². The number of halogens is 3. The van der Waals surface area contributed by atoms with Gasteiger partial charge in [-0.25, -0.2) is 0 Å². The number of alkyl halides is 3. The van der Waals surface area contributed by atoms with Crippen LogP contribution in [0.15, 0.2) is 36.3 Å². The second-order valence-electron chi connectivity index (χ2n) is 9.72. The number of hydrogen-bond acceptors (Lipinski definition) is 6. The summed E-state index contributed by atoms with van der Waals surface area (Å²) in [6.07, 6.45) is 2.28. The van der Waals surface area contributed by atoms with Crippen LogP contribution < -0.4 is 16.0 Å². The zero-order valence-electron chi connectivity index (χ0n) is 22.8. The average Bonchev–Trinajstić information content (AvgIpc) is 3.38. The Kier molecular flexibility index (Phi) is 10.5. The fraction of sp³-hybridized carbons (Fsp3) is 0.519. The van der Waals surface area contributed by atoms with Gasteiger partial charge in [-0.2, -0.15) is 5.10 Å². The Bertz CT molecular complexity index is 1150. The zero-order valence-corrected chi connectivity index (χ0v) is 22.8. The molecule has 0 atom stereocenters. The van der Waals surface area contributed by atoms with Gasteiger partial charge in [0.15, 0.2) is 0 Å². The minimum Gasteiger partial charge on any atom is -0.356 e. The van der Waals surface area contributed by atoms with Gasteiger partial charge in [0.2, 0.25) is 6.41 Å². The van der Waals surface area contributed by atoms with Crippen molar-refractivity contribution in [2.24, 2.45) is 0 Å². The summed E-state index contributed by atoms with van der Waals surface area (Å²) in [6, 6.07) is 5.56. The third-order valence-electron chi connectivity index (χ3n) is 6.86. The monoisotopic (exact) mass is 550 g/mol. The van der Waals surface area contributed by atoms with Crippen molar-refractivity contribution in [3.63, 3.8) is 0 Å². The zero-order chi connectivity index (χ0) is 28.6. The molecule has 2 amide bonds. The largest absolute Gasteiger partial charge is 0.522 e. The van der Waals surface area contributed by atoms with Gasteiger partial charge >= 0.3 is 6.36 Å². The summed E-state index contributed by atoms with van der Waals surface area (Å²) in [5, 5.41) is 13.1. The van der Waals surface area contributed by atoms with Gasteiger partial charge in [0.1, 0.15) is 0 Å².